The molecule has 4 rings (SSSR count). The first-order valence-electron chi connectivity index (χ1n) is 8.46. The minimum absolute atomic E-state index is 0.0231. The molecule has 8 nitrogen and oxygen atoms in total. The van der Waals surface area contributed by atoms with Crippen molar-refractivity contribution in [3.05, 3.63) is 52.6 Å². The van der Waals surface area contributed by atoms with Gasteiger partial charge in [-0.05, 0) is 26.2 Å². The molecule has 0 bridgehead atoms. The number of piperidine rings is 1. The number of nitrogens with zero attached hydrogens (tertiary/aromatic N) is 5. The fraction of sp³-hybridized carbons (Fsp3) is 0.412. The van der Waals surface area contributed by atoms with E-state index in [0.717, 1.165) is 25.0 Å². The Morgan fingerprint density at radius 3 is 3.04 bits per heavy atom. The van der Waals surface area contributed by atoms with Gasteiger partial charge in [0.25, 0.3) is 5.56 Å². The van der Waals surface area contributed by atoms with E-state index in [1.807, 2.05) is 17.9 Å². The fourth-order valence-corrected chi connectivity index (χ4v) is 3.47. The van der Waals surface area contributed by atoms with E-state index in [9.17, 15) is 9.59 Å². The van der Waals surface area contributed by atoms with Crippen LogP contribution < -0.4 is 5.56 Å². The van der Waals surface area contributed by atoms with Gasteiger partial charge in [0.2, 0.25) is 5.91 Å². The Morgan fingerprint density at radius 1 is 1.36 bits per heavy atom. The number of aryl methyl sites for hydroxylation is 1. The molecule has 3 aromatic rings. The zero-order chi connectivity index (χ0) is 17.4. The molecule has 1 atom stereocenters. The third kappa shape index (κ3) is 2.95. The van der Waals surface area contributed by atoms with Crippen LogP contribution in [0.4, 0.5) is 0 Å². The Morgan fingerprint density at radius 2 is 2.24 bits per heavy atom. The summed E-state index contributed by atoms with van der Waals surface area (Å²) in [6.07, 6.45) is 7.88. The highest BCUT2D eigenvalue weighted by atomic mass is 16.2. The second-order valence-corrected chi connectivity index (χ2v) is 6.49. The first kappa shape index (κ1) is 15.6. The maximum Gasteiger partial charge on any atom is 0.272 e. The molecule has 0 aliphatic carbocycles. The van der Waals surface area contributed by atoms with Crippen molar-refractivity contribution in [1.82, 2.24) is 29.0 Å². The molecule has 1 aliphatic rings. The molecule has 1 aliphatic heterocycles. The lowest BCUT2D eigenvalue weighted by atomic mass is 9.99. The van der Waals surface area contributed by atoms with Gasteiger partial charge in [-0.1, -0.05) is 0 Å². The van der Waals surface area contributed by atoms with E-state index < -0.39 is 0 Å². The Bertz CT molecular complexity index is 955. The van der Waals surface area contributed by atoms with Gasteiger partial charge in [-0.25, -0.2) is 14.5 Å². The van der Waals surface area contributed by atoms with Crippen molar-refractivity contribution in [3.8, 4) is 0 Å². The van der Waals surface area contributed by atoms with Gasteiger partial charge in [0, 0.05) is 36.8 Å². The predicted molar refractivity (Wildman–Crippen MR) is 91.1 cm³/mol. The van der Waals surface area contributed by atoms with Gasteiger partial charge >= 0.3 is 0 Å². The minimum atomic E-state index is -0.155. The summed E-state index contributed by atoms with van der Waals surface area (Å²) in [5.41, 5.74) is 1.98. The van der Waals surface area contributed by atoms with Crippen LogP contribution in [0.1, 0.15) is 36.7 Å². The van der Waals surface area contributed by atoms with Crippen molar-refractivity contribution in [1.29, 1.82) is 0 Å². The summed E-state index contributed by atoms with van der Waals surface area (Å²) in [4.78, 5) is 35.6. The average Bonchev–Trinajstić information content (AvgIpc) is 3.23. The van der Waals surface area contributed by atoms with Gasteiger partial charge in [0.1, 0.15) is 6.54 Å². The van der Waals surface area contributed by atoms with Crippen LogP contribution in [0.15, 0.2) is 35.6 Å². The predicted octanol–water partition coefficient (Wildman–Crippen LogP) is 1.28. The number of imidazole rings is 1. The quantitative estimate of drug-likeness (QED) is 0.778. The summed E-state index contributed by atoms with van der Waals surface area (Å²) in [5, 5.41) is 2.97. The first-order valence-corrected chi connectivity index (χ1v) is 8.46. The van der Waals surface area contributed by atoms with E-state index in [-0.39, 0.29) is 24.1 Å². The summed E-state index contributed by atoms with van der Waals surface area (Å²) < 4.78 is 3.19. The van der Waals surface area contributed by atoms with Crippen LogP contribution in [0, 0.1) is 6.92 Å². The standard InChI is InChI=1S/C17H20N6O2/c1-12-8-15-19-13(9-16(24)23(15)20-12)14-4-2-3-6-22(14)17(25)10-21-7-5-18-11-21/h5,7-9,11,14,20H,2-4,6,10H2,1H3/t14-/m1/s1. The third-order valence-electron chi connectivity index (χ3n) is 4.64. The summed E-state index contributed by atoms with van der Waals surface area (Å²) in [7, 11) is 0. The number of carbonyl (C=O) groups is 1. The third-order valence-corrected chi connectivity index (χ3v) is 4.64. The Balaban J connectivity index is 1.66. The van der Waals surface area contributed by atoms with Gasteiger partial charge in [0.15, 0.2) is 5.65 Å². The van der Waals surface area contributed by atoms with E-state index in [1.165, 1.54) is 10.6 Å². The van der Waals surface area contributed by atoms with Crippen molar-refractivity contribution in [2.45, 2.75) is 38.8 Å². The van der Waals surface area contributed by atoms with Crippen LogP contribution >= 0.6 is 0 Å². The number of rotatable bonds is 3. The Labute approximate surface area is 144 Å². The number of hydrogen-bond donors (Lipinski definition) is 1. The molecule has 1 N–H and O–H groups in total. The number of aromatic amines is 1. The van der Waals surface area contributed by atoms with Gasteiger partial charge in [0.05, 0.1) is 18.1 Å². The zero-order valence-corrected chi connectivity index (χ0v) is 14.1. The molecule has 8 heteroatoms. The second-order valence-electron chi connectivity index (χ2n) is 6.49. The van der Waals surface area contributed by atoms with E-state index >= 15 is 0 Å². The molecular weight excluding hydrogens is 320 g/mol. The molecule has 0 saturated carbocycles. The lowest BCUT2D eigenvalue weighted by Crippen LogP contribution is -2.41. The van der Waals surface area contributed by atoms with Gasteiger partial charge < -0.3 is 9.47 Å². The molecule has 4 heterocycles. The van der Waals surface area contributed by atoms with Crippen molar-refractivity contribution >= 4 is 11.6 Å². The minimum Gasteiger partial charge on any atom is -0.333 e. The molecule has 3 aromatic heterocycles. The normalized spacial score (nSPS) is 18.0. The van der Waals surface area contributed by atoms with Gasteiger partial charge in [-0.15, -0.1) is 0 Å². The number of likely N-dealkylation sites (tertiary alicyclic amines) is 1. The first-order chi connectivity index (χ1) is 12.1. The van der Waals surface area contributed by atoms with Gasteiger partial charge in [-0.3, -0.25) is 14.7 Å². The Kier molecular flexibility index (Phi) is 3.87. The number of carbonyl (C=O) groups excluding carboxylic acids is 1. The Hall–Kier alpha value is -2.90. The van der Waals surface area contributed by atoms with Crippen molar-refractivity contribution in [2.75, 3.05) is 6.54 Å². The highest BCUT2D eigenvalue weighted by Gasteiger charge is 2.29. The maximum absolute atomic E-state index is 12.8. The monoisotopic (exact) mass is 340 g/mol. The summed E-state index contributed by atoms with van der Waals surface area (Å²) in [6.45, 7) is 2.82. The van der Waals surface area contributed by atoms with Crippen LogP contribution in [-0.2, 0) is 11.3 Å². The molecule has 25 heavy (non-hydrogen) atoms. The number of hydrogen-bond acceptors (Lipinski definition) is 4. The lowest BCUT2D eigenvalue weighted by molar-refractivity contribution is -0.135. The van der Waals surface area contributed by atoms with Crippen molar-refractivity contribution < 1.29 is 4.79 Å². The fourth-order valence-electron chi connectivity index (χ4n) is 3.47. The molecule has 0 spiro atoms. The highest BCUT2D eigenvalue weighted by Crippen LogP contribution is 2.29. The maximum atomic E-state index is 12.8. The van der Waals surface area contributed by atoms with Crippen LogP contribution in [0.2, 0.25) is 0 Å². The molecule has 0 unspecified atom stereocenters. The molecule has 0 radical (unpaired) electrons. The van der Waals surface area contributed by atoms with E-state index in [4.69, 9.17) is 0 Å². The summed E-state index contributed by atoms with van der Waals surface area (Å²) in [5.74, 6) is 0.0231. The number of aromatic nitrogens is 5. The van der Waals surface area contributed by atoms with Crippen molar-refractivity contribution in [3.63, 3.8) is 0 Å². The number of nitrogens with one attached hydrogen (secondary N) is 1. The summed E-state index contributed by atoms with van der Waals surface area (Å²) in [6, 6.07) is 3.22. The van der Waals surface area contributed by atoms with Crippen molar-refractivity contribution in [2.24, 2.45) is 0 Å². The molecule has 130 valence electrons. The SMILES string of the molecule is Cc1cc2nc([C@H]3CCCCN3C(=O)Cn3ccnc3)cc(=O)n2[nH]1. The van der Waals surface area contributed by atoms with Crippen LogP contribution in [0.25, 0.3) is 5.65 Å². The molecular formula is C17H20N6O2. The molecule has 0 aromatic carbocycles. The molecule has 1 fully saturated rings. The van der Waals surface area contributed by atoms with Crippen LogP contribution in [0.3, 0.4) is 0 Å². The highest BCUT2D eigenvalue weighted by molar-refractivity contribution is 5.76. The number of fused-ring (bicyclic) bond motifs is 1. The summed E-state index contributed by atoms with van der Waals surface area (Å²) >= 11 is 0. The largest absolute Gasteiger partial charge is 0.333 e. The zero-order valence-electron chi connectivity index (χ0n) is 14.1. The number of H-pyrrole nitrogens is 1. The number of amides is 1. The average molecular weight is 340 g/mol. The van der Waals surface area contributed by atoms with E-state index in [1.54, 1.807) is 23.3 Å². The van der Waals surface area contributed by atoms with E-state index in [2.05, 4.69) is 15.1 Å². The van der Waals surface area contributed by atoms with Crippen LogP contribution in [0.5, 0.6) is 0 Å². The lowest BCUT2D eigenvalue weighted by Gasteiger charge is -2.35. The molecule has 1 amide bonds. The second kappa shape index (κ2) is 6.19. The van der Waals surface area contributed by atoms with Crippen LogP contribution in [-0.4, -0.2) is 41.5 Å². The van der Waals surface area contributed by atoms with Gasteiger partial charge in [-0.2, -0.15) is 0 Å². The van der Waals surface area contributed by atoms with E-state index in [0.29, 0.717) is 17.9 Å². The topological polar surface area (TPSA) is 88.3 Å². The smallest absolute Gasteiger partial charge is 0.272 e. The molecule has 1 saturated heterocycles.